The molecule has 1 unspecified atom stereocenters. The van der Waals surface area contributed by atoms with Crippen molar-refractivity contribution in [2.24, 2.45) is 5.92 Å². The van der Waals surface area contributed by atoms with Gasteiger partial charge in [0.05, 0.1) is 37.4 Å². The van der Waals surface area contributed by atoms with Gasteiger partial charge in [0, 0.05) is 6.20 Å². The Morgan fingerprint density at radius 1 is 1.00 bits per heavy atom. The predicted molar refractivity (Wildman–Crippen MR) is 164 cm³/mol. The SMILES string of the molecule is Nc1ccn(C[C@@H](CO)OCP(=O)([O-])OCCCS(=O)(=O)CCCCCCCCCCCCCCC2CCC2)c(=O)n1. The van der Waals surface area contributed by atoms with Gasteiger partial charge in [-0.2, -0.15) is 4.98 Å². The zero-order valence-electron chi connectivity index (χ0n) is 25.2. The third kappa shape index (κ3) is 17.1. The van der Waals surface area contributed by atoms with Crippen molar-refractivity contribution in [3.05, 3.63) is 22.7 Å². The number of ether oxygens (including phenoxy) is 1. The number of aliphatic hydroxyl groups is 1. The second kappa shape index (κ2) is 20.6. The van der Waals surface area contributed by atoms with Crippen LogP contribution in [0.4, 0.5) is 5.82 Å². The van der Waals surface area contributed by atoms with Crippen molar-refractivity contribution in [1.29, 1.82) is 0 Å². The predicted octanol–water partition coefficient (Wildman–Crippen LogP) is 4.41. The van der Waals surface area contributed by atoms with Crippen molar-refractivity contribution in [3.63, 3.8) is 0 Å². The van der Waals surface area contributed by atoms with Crippen LogP contribution in [0.2, 0.25) is 0 Å². The van der Waals surface area contributed by atoms with Crippen LogP contribution < -0.4 is 16.3 Å². The molecule has 1 aliphatic carbocycles. The van der Waals surface area contributed by atoms with Gasteiger partial charge in [-0.15, -0.1) is 0 Å². The highest BCUT2D eigenvalue weighted by atomic mass is 32.2. The molecule has 0 bridgehead atoms. The van der Waals surface area contributed by atoms with E-state index < -0.39 is 42.2 Å². The molecule has 1 aliphatic rings. The summed E-state index contributed by atoms with van der Waals surface area (Å²) in [7, 11) is -7.69. The first-order valence-corrected chi connectivity index (χ1v) is 19.4. The number of hydrogen-bond donors (Lipinski definition) is 2. The minimum Gasteiger partial charge on any atom is -0.777 e. The molecular weight excluding hydrogens is 581 g/mol. The number of rotatable bonds is 26. The van der Waals surface area contributed by atoms with E-state index >= 15 is 0 Å². The Labute approximate surface area is 252 Å². The van der Waals surface area contributed by atoms with E-state index in [1.165, 1.54) is 89.3 Å². The molecule has 0 aliphatic heterocycles. The molecule has 0 saturated heterocycles. The molecular formula is C29H53N3O8PS-. The molecule has 11 nitrogen and oxygen atoms in total. The molecule has 0 amide bonds. The van der Waals surface area contributed by atoms with E-state index in [0.717, 1.165) is 29.7 Å². The lowest BCUT2D eigenvalue weighted by Crippen LogP contribution is -2.32. The zero-order valence-corrected chi connectivity index (χ0v) is 26.9. The smallest absolute Gasteiger partial charge is 0.349 e. The summed E-state index contributed by atoms with van der Waals surface area (Å²) in [5.41, 5.74) is 4.78. The van der Waals surface area contributed by atoms with Crippen molar-refractivity contribution in [1.82, 2.24) is 9.55 Å². The first-order valence-electron chi connectivity index (χ1n) is 15.8. The highest BCUT2D eigenvalue weighted by molar-refractivity contribution is 7.91. The normalized spacial score (nSPS) is 16.2. The average Bonchev–Trinajstić information content (AvgIpc) is 2.91. The van der Waals surface area contributed by atoms with Crippen LogP contribution in [0.1, 0.15) is 109 Å². The number of unbranched alkanes of at least 4 members (excludes halogenated alkanes) is 11. The Hall–Kier alpha value is -1.30. The molecule has 1 fully saturated rings. The molecule has 1 saturated carbocycles. The minimum absolute atomic E-state index is 0.0444. The number of anilines is 1. The second-order valence-electron chi connectivity index (χ2n) is 11.7. The lowest BCUT2D eigenvalue weighted by molar-refractivity contribution is -0.205. The van der Waals surface area contributed by atoms with Gasteiger partial charge < -0.3 is 29.6 Å². The molecule has 2 atom stereocenters. The fourth-order valence-electron chi connectivity index (χ4n) is 5.09. The zero-order chi connectivity index (χ0) is 30.7. The molecule has 244 valence electrons. The van der Waals surface area contributed by atoms with Gasteiger partial charge in [-0.3, -0.25) is 4.57 Å². The molecule has 13 heteroatoms. The summed E-state index contributed by atoms with van der Waals surface area (Å²) in [6.07, 6.45) is 19.7. The molecule has 0 radical (unpaired) electrons. The topological polar surface area (TPSA) is 174 Å². The Kier molecular flexibility index (Phi) is 18.1. The molecule has 0 aromatic carbocycles. The van der Waals surface area contributed by atoms with E-state index in [-0.39, 0.29) is 36.9 Å². The molecule has 0 spiro atoms. The number of aromatic nitrogens is 2. The van der Waals surface area contributed by atoms with E-state index in [1.54, 1.807) is 0 Å². The number of sulfone groups is 1. The third-order valence-electron chi connectivity index (χ3n) is 7.90. The van der Waals surface area contributed by atoms with Gasteiger partial charge >= 0.3 is 5.69 Å². The lowest BCUT2D eigenvalue weighted by Gasteiger charge is -2.25. The van der Waals surface area contributed by atoms with E-state index in [9.17, 15) is 27.8 Å². The number of hydrogen-bond acceptors (Lipinski definition) is 10. The maximum atomic E-state index is 12.3. The van der Waals surface area contributed by atoms with Gasteiger partial charge in [0.25, 0.3) is 0 Å². The lowest BCUT2D eigenvalue weighted by atomic mass is 9.81. The van der Waals surface area contributed by atoms with Crippen LogP contribution in [0.15, 0.2) is 17.1 Å². The molecule has 2 rings (SSSR count). The maximum Gasteiger partial charge on any atom is 0.349 e. The first kappa shape index (κ1) is 36.9. The highest BCUT2D eigenvalue weighted by Crippen LogP contribution is 2.37. The summed E-state index contributed by atoms with van der Waals surface area (Å²) in [4.78, 5) is 27.5. The van der Waals surface area contributed by atoms with Crippen molar-refractivity contribution in [2.75, 3.05) is 36.8 Å². The van der Waals surface area contributed by atoms with Gasteiger partial charge in [0.2, 0.25) is 0 Å². The number of nitrogens with two attached hydrogens (primary N) is 1. The van der Waals surface area contributed by atoms with Crippen LogP contribution in [-0.2, 0) is 30.2 Å². The van der Waals surface area contributed by atoms with Crippen molar-refractivity contribution in [2.45, 2.75) is 122 Å². The first-order chi connectivity index (χ1) is 20.1. The van der Waals surface area contributed by atoms with E-state index in [4.69, 9.17) is 15.0 Å². The molecule has 1 aromatic heterocycles. The summed E-state index contributed by atoms with van der Waals surface area (Å²) in [5, 5.41) is 9.46. The second-order valence-corrected chi connectivity index (χ2v) is 15.7. The summed E-state index contributed by atoms with van der Waals surface area (Å²) in [5.74, 6) is 1.05. The molecule has 42 heavy (non-hydrogen) atoms. The Balaban J connectivity index is 1.43. The summed E-state index contributed by atoms with van der Waals surface area (Å²) < 4.78 is 47.9. The summed E-state index contributed by atoms with van der Waals surface area (Å²) in [6, 6.07) is 1.40. The van der Waals surface area contributed by atoms with Crippen molar-refractivity contribution < 1.29 is 32.2 Å². The van der Waals surface area contributed by atoms with Crippen LogP contribution in [0, 0.1) is 5.92 Å². The quantitative estimate of drug-likeness (QED) is 0.110. The summed E-state index contributed by atoms with van der Waals surface area (Å²) in [6.45, 7) is -0.925. The highest BCUT2D eigenvalue weighted by Gasteiger charge is 2.17. The summed E-state index contributed by atoms with van der Waals surface area (Å²) >= 11 is 0. The maximum absolute atomic E-state index is 12.3. The van der Waals surface area contributed by atoms with Crippen LogP contribution in [0.25, 0.3) is 0 Å². The monoisotopic (exact) mass is 634 g/mol. The van der Waals surface area contributed by atoms with Crippen LogP contribution in [0.3, 0.4) is 0 Å². The molecule has 1 aromatic rings. The average molecular weight is 635 g/mol. The van der Waals surface area contributed by atoms with Gasteiger partial charge in [0.1, 0.15) is 22.0 Å². The number of aliphatic hydroxyl groups excluding tert-OH is 1. The molecule has 1 heterocycles. The van der Waals surface area contributed by atoms with Crippen molar-refractivity contribution >= 4 is 23.3 Å². The Morgan fingerprint density at radius 2 is 1.57 bits per heavy atom. The van der Waals surface area contributed by atoms with Gasteiger partial charge in [-0.1, -0.05) is 96.3 Å². The fraction of sp³-hybridized carbons (Fsp3) is 0.862. The van der Waals surface area contributed by atoms with E-state index in [0.29, 0.717) is 6.42 Å². The Morgan fingerprint density at radius 3 is 2.12 bits per heavy atom. The van der Waals surface area contributed by atoms with E-state index in [1.807, 2.05) is 0 Å². The minimum atomic E-state index is -4.42. The van der Waals surface area contributed by atoms with Gasteiger partial charge in [-0.05, 0) is 24.8 Å². The van der Waals surface area contributed by atoms with Gasteiger partial charge in [-0.25, -0.2) is 13.2 Å². The number of nitrogen functional groups attached to an aromatic ring is 1. The van der Waals surface area contributed by atoms with Crippen LogP contribution >= 0.6 is 7.60 Å². The van der Waals surface area contributed by atoms with Crippen molar-refractivity contribution in [3.8, 4) is 0 Å². The fourth-order valence-corrected chi connectivity index (χ4v) is 7.37. The van der Waals surface area contributed by atoms with Crippen LogP contribution in [0.5, 0.6) is 0 Å². The third-order valence-corrected chi connectivity index (χ3v) is 10.8. The van der Waals surface area contributed by atoms with Gasteiger partial charge in [0.15, 0.2) is 7.60 Å². The standard InChI is InChI=1S/C29H54N3O8PS/c30-28-18-19-32(29(34)31-28)23-27(24-33)39-25-41(35,36)40-20-14-22-42(37,38)21-12-10-8-6-4-2-1-3-5-7-9-11-15-26-16-13-17-26/h18-19,26-27,33H,1-17,20-25H2,(H,35,36)(H2,30,31,34)/p-1/t27-/m0/s1. The Bertz CT molecular complexity index is 1080. The van der Waals surface area contributed by atoms with Crippen LogP contribution in [-0.4, -0.2) is 60.2 Å². The van der Waals surface area contributed by atoms with E-state index in [2.05, 4.69) is 4.98 Å². The molecule has 3 N–H and O–H groups in total. The largest absolute Gasteiger partial charge is 0.777 e. The number of nitrogens with zero attached hydrogens (tertiary/aromatic N) is 2.